The summed E-state index contributed by atoms with van der Waals surface area (Å²) in [5, 5.41) is 3.54. The first-order chi connectivity index (χ1) is 13.5. The molecule has 6 heteroatoms. The largest absolute Gasteiger partial charge is 0.313 e. The van der Waals surface area contributed by atoms with Gasteiger partial charge in [-0.2, -0.15) is 0 Å². The first kappa shape index (κ1) is 20.4. The van der Waals surface area contributed by atoms with Crippen molar-refractivity contribution >= 4 is 44.0 Å². The van der Waals surface area contributed by atoms with E-state index in [1.54, 1.807) is 30.5 Å². The molecule has 0 aliphatic rings. The zero-order valence-electron chi connectivity index (χ0n) is 15.8. The van der Waals surface area contributed by atoms with E-state index >= 15 is 0 Å². The zero-order chi connectivity index (χ0) is 20.1. The molecule has 2 heterocycles. The van der Waals surface area contributed by atoms with Crippen LogP contribution in [0.5, 0.6) is 0 Å². The average molecular weight is 457 g/mol. The number of thiophene rings is 1. The Morgan fingerprint density at radius 2 is 1.89 bits per heavy atom. The molecule has 1 aromatic carbocycles. The molecule has 3 rings (SSSR count). The molecule has 0 saturated carbocycles. The molecule has 0 spiro atoms. The van der Waals surface area contributed by atoms with Crippen molar-refractivity contribution in [3.63, 3.8) is 0 Å². The van der Waals surface area contributed by atoms with Gasteiger partial charge in [0.2, 0.25) is 0 Å². The molecule has 0 radical (unpaired) electrons. The second kappa shape index (κ2) is 9.26. The molecule has 0 bridgehead atoms. The van der Waals surface area contributed by atoms with Gasteiger partial charge in [0.15, 0.2) is 5.78 Å². The summed E-state index contributed by atoms with van der Waals surface area (Å²) in [6.45, 7) is 4.11. The van der Waals surface area contributed by atoms with Crippen molar-refractivity contribution in [1.82, 2.24) is 4.98 Å². The third kappa shape index (κ3) is 4.56. The van der Waals surface area contributed by atoms with Gasteiger partial charge in [0.05, 0.1) is 11.1 Å². The van der Waals surface area contributed by atoms with Crippen LogP contribution >= 0.6 is 27.3 Å². The number of hydrogen-bond acceptors (Lipinski definition) is 4. The van der Waals surface area contributed by atoms with E-state index in [1.807, 2.05) is 19.1 Å². The minimum Gasteiger partial charge on any atom is -0.313 e. The Kier molecular flexibility index (Phi) is 6.75. The van der Waals surface area contributed by atoms with Crippen LogP contribution in [0.3, 0.4) is 0 Å². The Morgan fingerprint density at radius 1 is 1.14 bits per heavy atom. The molecule has 1 amide bonds. The monoisotopic (exact) mass is 456 g/mol. The highest BCUT2D eigenvalue weighted by Crippen LogP contribution is 2.36. The van der Waals surface area contributed by atoms with Gasteiger partial charge in [-0.3, -0.25) is 14.6 Å². The molecule has 4 nitrogen and oxygen atoms in total. The number of amides is 1. The quantitative estimate of drug-likeness (QED) is 0.440. The van der Waals surface area contributed by atoms with Gasteiger partial charge in [0, 0.05) is 27.3 Å². The van der Waals surface area contributed by atoms with E-state index in [0.717, 1.165) is 34.2 Å². The van der Waals surface area contributed by atoms with Crippen molar-refractivity contribution in [1.29, 1.82) is 0 Å². The smallest absolute Gasteiger partial charge is 0.257 e. The van der Waals surface area contributed by atoms with Crippen molar-refractivity contribution in [3.05, 3.63) is 80.4 Å². The highest BCUT2D eigenvalue weighted by atomic mass is 79.9. The molecule has 28 heavy (non-hydrogen) atoms. The minimum atomic E-state index is -0.263. The van der Waals surface area contributed by atoms with Gasteiger partial charge in [0.1, 0.15) is 5.00 Å². The number of benzene rings is 1. The maximum Gasteiger partial charge on any atom is 0.257 e. The fourth-order valence-electron chi connectivity index (χ4n) is 2.92. The summed E-state index contributed by atoms with van der Waals surface area (Å²) < 4.78 is 0.917. The van der Waals surface area contributed by atoms with Crippen LogP contribution in [0.2, 0.25) is 0 Å². The fourth-order valence-corrected chi connectivity index (χ4v) is 4.42. The number of aromatic nitrogens is 1. The highest BCUT2D eigenvalue weighted by Gasteiger charge is 2.23. The van der Waals surface area contributed by atoms with Gasteiger partial charge < -0.3 is 5.32 Å². The van der Waals surface area contributed by atoms with Crippen LogP contribution in [0.15, 0.2) is 53.3 Å². The Morgan fingerprint density at radius 3 is 2.54 bits per heavy atom. The molecule has 0 saturated heterocycles. The average Bonchev–Trinajstić information content (AvgIpc) is 3.02. The lowest BCUT2D eigenvalue weighted by atomic mass is 10.00. The fraction of sp³-hybridized carbons (Fsp3) is 0.227. The van der Waals surface area contributed by atoms with Crippen molar-refractivity contribution < 1.29 is 9.59 Å². The topological polar surface area (TPSA) is 59.1 Å². The van der Waals surface area contributed by atoms with Crippen molar-refractivity contribution in [2.24, 2.45) is 0 Å². The van der Waals surface area contributed by atoms with Crippen LogP contribution < -0.4 is 5.32 Å². The number of carbonyl (C=O) groups excluding carboxylic acids is 2. The minimum absolute atomic E-state index is 0.0783. The van der Waals surface area contributed by atoms with Crippen LogP contribution in [-0.2, 0) is 6.42 Å². The zero-order valence-corrected chi connectivity index (χ0v) is 18.2. The summed E-state index contributed by atoms with van der Waals surface area (Å²) in [6, 6.07) is 10.7. The second-order valence-corrected chi connectivity index (χ2v) is 8.51. The summed E-state index contributed by atoms with van der Waals surface area (Å²) in [7, 11) is 0. The molecule has 0 fully saturated rings. The first-order valence-corrected chi connectivity index (χ1v) is 10.8. The molecular weight excluding hydrogens is 436 g/mol. The van der Waals surface area contributed by atoms with Crippen LogP contribution in [0.4, 0.5) is 5.00 Å². The number of hydrogen-bond donors (Lipinski definition) is 1. The lowest BCUT2D eigenvalue weighted by Crippen LogP contribution is -2.14. The number of unbranched alkanes of at least 4 members (excludes halogenated alkanes) is 1. The van der Waals surface area contributed by atoms with Crippen LogP contribution in [-0.4, -0.2) is 16.7 Å². The summed E-state index contributed by atoms with van der Waals surface area (Å²) in [6.07, 6.45) is 6.16. The number of anilines is 1. The van der Waals surface area contributed by atoms with E-state index in [2.05, 4.69) is 33.2 Å². The van der Waals surface area contributed by atoms with E-state index in [0.29, 0.717) is 21.7 Å². The van der Waals surface area contributed by atoms with Crippen LogP contribution in [0.25, 0.3) is 0 Å². The molecule has 0 aliphatic heterocycles. The number of rotatable bonds is 7. The predicted octanol–water partition coefficient (Wildman–Crippen LogP) is 6.04. The van der Waals surface area contributed by atoms with E-state index < -0.39 is 0 Å². The van der Waals surface area contributed by atoms with Gasteiger partial charge in [-0.25, -0.2) is 0 Å². The number of carbonyl (C=O) groups is 2. The SMILES string of the molecule is CCCCc1sc(NC(=O)c2cccnc2)c(C(=O)c2ccc(Br)cc2)c1C. The van der Waals surface area contributed by atoms with E-state index in [-0.39, 0.29) is 11.7 Å². The van der Waals surface area contributed by atoms with Gasteiger partial charge in [0.25, 0.3) is 5.91 Å². The molecule has 3 aromatic rings. The molecule has 1 N–H and O–H groups in total. The summed E-state index contributed by atoms with van der Waals surface area (Å²) in [4.78, 5) is 31.0. The summed E-state index contributed by atoms with van der Waals surface area (Å²) in [5.41, 5.74) is 2.59. The van der Waals surface area contributed by atoms with Crippen molar-refractivity contribution in [2.45, 2.75) is 33.1 Å². The van der Waals surface area contributed by atoms with E-state index in [1.165, 1.54) is 17.5 Å². The van der Waals surface area contributed by atoms with E-state index in [9.17, 15) is 9.59 Å². The van der Waals surface area contributed by atoms with E-state index in [4.69, 9.17) is 0 Å². The molecular formula is C22H21BrN2O2S. The lowest BCUT2D eigenvalue weighted by Gasteiger charge is -2.07. The third-order valence-corrected chi connectivity index (χ3v) is 6.28. The summed E-state index contributed by atoms with van der Waals surface area (Å²) >= 11 is 4.89. The van der Waals surface area contributed by atoms with Crippen LogP contribution in [0, 0.1) is 6.92 Å². The Labute approximate surface area is 177 Å². The number of halogens is 1. The number of nitrogens with zero attached hydrogens (tertiary/aromatic N) is 1. The Hall–Kier alpha value is -2.31. The van der Waals surface area contributed by atoms with Gasteiger partial charge in [-0.15, -0.1) is 11.3 Å². The second-order valence-electron chi connectivity index (χ2n) is 6.49. The van der Waals surface area contributed by atoms with Gasteiger partial charge in [-0.1, -0.05) is 29.3 Å². The third-order valence-electron chi connectivity index (χ3n) is 4.49. The van der Waals surface area contributed by atoms with Gasteiger partial charge in [-0.05, 0) is 61.7 Å². The number of pyridine rings is 1. The normalized spacial score (nSPS) is 10.7. The maximum atomic E-state index is 13.2. The molecule has 144 valence electrons. The van der Waals surface area contributed by atoms with Crippen molar-refractivity contribution in [2.75, 3.05) is 5.32 Å². The first-order valence-electron chi connectivity index (χ1n) is 9.15. The van der Waals surface area contributed by atoms with Gasteiger partial charge >= 0.3 is 0 Å². The standard InChI is InChI=1S/C22H21BrN2O2S/c1-3-4-7-18-14(2)19(20(26)15-8-10-17(23)11-9-15)22(28-18)25-21(27)16-6-5-12-24-13-16/h5-6,8-13H,3-4,7H2,1-2H3,(H,25,27). The molecule has 0 aliphatic carbocycles. The number of nitrogens with one attached hydrogen (secondary N) is 1. The highest BCUT2D eigenvalue weighted by molar-refractivity contribution is 9.10. The number of ketones is 1. The van der Waals surface area contributed by atoms with Crippen molar-refractivity contribution in [3.8, 4) is 0 Å². The Bertz CT molecular complexity index is 982. The molecule has 0 atom stereocenters. The maximum absolute atomic E-state index is 13.2. The molecule has 0 unspecified atom stereocenters. The Balaban J connectivity index is 1.98. The number of aryl methyl sites for hydroxylation is 1. The van der Waals surface area contributed by atoms with Crippen LogP contribution in [0.1, 0.15) is 56.5 Å². The summed E-state index contributed by atoms with van der Waals surface area (Å²) in [5.74, 6) is -0.341. The lowest BCUT2D eigenvalue weighted by molar-refractivity contribution is 0.102. The molecule has 2 aromatic heterocycles. The predicted molar refractivity (Wildman–Crippen MR) is 117 cm³/mol.